The molecule has 1 aliphatic carbocycles. The fraction of sp³-hybridized carbons (Fsp3) is 0.455. The topological polar surface area (TPSA) is 18.5 Å². The molecule has 3 rings (SSSR count). The molecule has 0 saturated heterocycles. The molecule has 1 aliphatic rings. The predicted molar refractivity (Wildman–Crippen MR) is 98.4 cm³/mol. The molecule has 0 unspecified atom stereocenters. The molecule has 0 aromatic heterocycles. The van der Waals surface area contributed by atoms with Gasteiger partial charge in [0.25, 0.3) is 0 Å². The van der Waals surface area contributed by atoms with Crippen LogP contribution in [0, 0.1) is 35.0 Å². The monoisotopic (exact) mass is 450 g/mol. The first-order valence-corrected chi connectivity index (χ1v) is 9.90. The van der Waals surface area contributed by atoms with Crippen molar-refractivity contribution in [2.45, 2.75) is 44.6 Å². The number of rotatable bonds is 7. The van der Waals surface area contributed by atoms with Crippen LogP contribution in [0.15, 0.2) is 24.3 Å². The largest absolute Gasteiger partial charge is 0.432 e. The second kappa shape index (κ2) is 9.46. The molecule has 1 saturated carbocycles. The summed E-state index contributed by atoms with van der Waals surface area (Å²) in [7, 11) is 0. The molecule has 0 N–H and O–H groups in total. The van der Waals surface area contributed by atoms with Crippen LogP contribution in [0.2, 0.25) is 0 Å². The van der Waals surface area contributed by atoms with Crippen molar-refractivity contribution >= 4 is 0 Å². The van der Waals surface area contributed by atoms with Crippen molar-refractivity contribution in [1.29, 1.82) is 0 Å². The summed E-state index contributed by atoms with van der Waals surface area (Å²) in [5.41, 5.74) is -1.44. The molecular formula is C22H21F7O2. The van der Waals surface area contributed by atoms with Crippen LogP contribution in [0.25, 0.3) is 0 Å². The maximum absolute atomic E-state index is 14.5. The van der Waals surface area contributed by atoms with Crippen LogP contribution in [-0.2, 0) is 10.8 Å². The first kappa shape index (κ1) is 23.4. The van der Waals surface area contributed by atoms with E-state index in [2.05, 4.69) is 4.74 Å². The van der Waals surface area contributed by atoms with E-state index in [1.807, 2.05) is 6.92 Å². The summed E-state index contributed by atoms with van der Waals surface area (Å²) in [5.74, 6) is -9.47. The molecule has 0 atom stereocenters. The number of alkyl halides is 2. The Balaban J connectivity index is 1.78. The normalized spacial score (nSPS) is 19.5. The Morgan fingerprint density at radius 2 is 1.39 bits per heavy atom. The van der Waals surface area contributed by atoms with Crippen molar-refractivity contribution in [1.82, 2.24) is 0 Å². The summed E-state index contributed by atoms with van der Waals surface area (Å²) in [5, 5.41) is 0. The number of ether oxygens (including phenoxy) is 2. The second-order valence-electron chi connectivity index (χ2n) is 7.56. The zero-order valence-corrected chi connectivity index (χ0v) is 16.7. The highest BCUT2D eigenvalue weighted by Crippen LogP contribution is 2.40. The molecule has 0 spiro atoms. The maximum atomic E-state index is 14.5. The first-order chi connectivity index (χ1) is 14.6. The van der Waals surface area contributed by atoms with Gasteiger partial charge in [-0.05, 0) is 62.1 Å². The van der Waals surface area contributed by atoms with Crippen LogP contribution in [0.1, 0.15) is 49.7 Å². The van der Waals surface area contributed by atoms with Crippen LogP contribution in [-0.4, -0.2) is 13.2 Å². The van der Waals surface area contributed by atoms with Crippen molar-refractivity contribution in [3.8, 4) is 5.75 Å². The van der Waals surface area contributed by atoms with Crippen LogP contribution in [0.3, 0.4) is 0 Å². The van der Waals surface area contributed by atoms with Crippen LogP contribution in [0.5, 0.6) is 5.75 Å². The summed E-state index contributed by atoms with van der Waals surface area (Å²) in [6.45, 7) is 3.10. The molecule has 0 radical (unpaired) electrons. The minimum absolute atomic E-state index is 0.164. The van der Waals surface area contributed by atoms with E-state index in [1.54, 1.807) is 0 Å². The molecule has 1 fully saturated rings. The molecule has 0 bridgehead atoms. The molecule has 2 aromatic rings. The Bertz CT molecular complexity index is 878. The molecule has 9 heteroatoms. The van der Waals surface area contributed by atoms with Gasteiger partial charge in [0.1, 0.15) is 22.9 Å². The van der Waals surface area contributed by atoms with Gasteiger partial charge in [-0.3, -0.25) is 0 Å². The fourth-order valence-corrected chi connectivity index (χ4v) is 3.84. The van der Waals surface area contributed by atoms with Gasteiger partial charge in [0.15, 0.2) is 17.5 Å². The Hall–Kier alpha value is -2.29. The molecule has 0 heterocycles. The molecule has 170 valence electrons. The predicted octanol–water partition coefficient (Wildman–Crippen LogP) is 6.82. The third kappa shape index (κ3) is 5.31. The molecule has 0 amide bonds. The third-order valence-electron chi connectivity index (χ3n) is 5.43. The van der Waals surface area contributed by atoms with Crippen LogP contribution < -0.4 is 4.74 Å². The van der Waals surface area contributed by atoms with Crippen molar-refractivity contribution in [2.24, 2.45) is 5.92 Å². The van der Waals surface area contributed by atoms with Crippen molar-refractivity contribution in [3.05, 3.63) is 64.5 Å². The lowest BCUT2D eigenvalue weighted by molar-refractivity contribution is -0.189. The molecule has 0 aliphatic heterocycles. The van der Waals surface area contributed by atoms with Crippen molar-refractivity contribution in [3.63, 3.8) is 0 Å². The zero-order valence-electron chi connectivity index (χ0n) is 16.7. The summed E-state index contributed by atoms with van der Waals surface area (Å²) in [6, 6.07) is 1.98. The van der Waals surface area contributed by atoms with Gasteiger partial charge in [0.2, 0.25) is 0 Å². The van der Waals surface area contributed by atoms with Crippen LogP contribution in [0.4, 0.5) is 30.7 Å². The number of halogens is 7. The Morgan fingerprint density at radius 3 is 1.90 bits per heavy atom. The van der Waals surface area contributed by atoms with Gasteiger partial charge >= 0.3 is 6.11 Å². The van der Waals surface area contributed by atoms with E-state index < -0.39 is 46.5 Å². The quantitative estimate of drug-likeness (QED) is 0.340. The van der Waals surface area contributed by atoms with Gasteiger partial charge in [-0.1, -0.05) is 0 Å². The summed E-state index contributed by atoms with van der Waals surface area (Å²) in [4.78, 5) is 0. The lowest BCUT2D eigenvalue weighted by Crippen LogP contribution is -2.26. The summed E-state index contributed by atoms with van der Waals surface area (Å²) >= 11 is 0. The van der Waals surface area contributed by atoms with E-state index >= 15 is 0 Å². The summed E-state index contributed by atoms with van der Waals surface area (Å²) < 4.78 is 107. The minimum atomic E-state index is -4.58. The van der Waals surface area contributed by atoms with Gasteiger partial charge in [-0.25, -0.2) is 22.0 Å². The SMILES string of the molecule is CCOCC1CCC(c2cc(F)c(C(F)(F)Oc3cc(F)c(F)c(F)c3)c(F)c2)CC1. The molecule has 2 aromatic carbocycles. The number of benzene rings is 2. The Kier molecular flexibility index (Phi) is 7.13. The zero-order chi connectivity index (χ0) is 22.8. The van der Waals surface area contributed by atoms with Gasteiger partial charge in [-0.15, -0.1) is 0 Å². The Morgan fingerprint density at radius 1 is 0.839 bits per heavy atom. The van der Waals surface area contributed by atoms with Gasteiger partial charge in [0, 0.05) is 25.3 Å². The van der Waals surface area contributed by atoms with E-state index in [9.17, 15) is 30.7 Å². The average molecular weight is 450 g/mol. The first-order valence-electron chi connectivity index (χ1n) is 9.90. The van der Waals surface area contributed by atoms with Gasteiger partial charge < -0.3 is 9.47 Å². The molecular weight excluding hydrogens is 429 g/mol. The lowest BCUT2D eigenvalue weighted by Gasteiger charge is -2.29. The highest BCUT2D eigenvalue weighted by Gasteiger charge is 2.42. The van der Waals surface area contributed by atoms with E-state index in [0.29, 0.717) is 32.0 Å². The number of hydrogen-bond donors (Lipinski definition) is 0. The van der Waals surface area contributed by atoms with Crippen molar-refractivity contribution < 1.29 is 40.2 Å². The third-order valence-corrected chi connectivity index (χ3v) is 5.43. The highest BCUT2D eigenvalue weighted by molar-refractivity contribution is 5.33. The Labute approximate surface area is 175 Å². The minimum Gasteiger partial charge on any atom is -0.429 e. The van der Waals surface area contributed by atoms with Crippen LogP contribution >= 0.6 is 0 Å². The fourth-order valence-electron chi connectivity index (χ4n) is 3.84. The molecule has 31 heavy (non-hydrogen) atoms. The lowest BCUT2D eigenvalue weighted by atomic mass is 9.79. The van der Waals surface area contributed by atoms with E-state index in [0.717, 1.165) is 25.0 Å². The van der Waals surface area contributed by atoms with E-state index in [-0.39, 0.29) is 23.6 Å². The number of hydrogen-bond acceptors (Lipinski definition) is 2. The maximum Gasteiger partial charge on any atom is 0.432 e. The van der Waals surface area contributed by atoms with Gasteiger partial charge in [0.05, 0.1) is 0 Å². The van der Waals surface area contributed by atoms with Gasteiger partial charge in [-0.2, -0.15) is 8.78 Å². The highest BCUT2D eigenvalue weighted by atomic mass is 19.3. The smallest absolute Gasteiger partial charge is 0.429 e. The van der Waals surface area contributed by atoms with E-state index in [1.165, 1.54) is 0 Å². The van der Waals surface area contributed by atoms with E-state index in [4.69, 9.17) is 4.74 Å². The summed E-state index contributed by atoms with van der Waals surface area (Å²) in [6.07, 6.45) is -1.74. The van der Waals surface area contributed by atoms with Crippen molar-refractivity contribution in [2.75, 3.05) is 13.2 Å². The standard InChI is InChI=1S/C22H21F7O2/c1-2-30-11-12-3-5-13(6-4-12)14-7-16(23)20(17(24)8-14)22(28,29)31-15-9-18(25)21(27)19(26)10-15/h7-10,12-13H,2-6,11H2,1H3. The second-order valence-corrected chi connectivity index (χ2v) is 7.56. The molecule has 2 nitrogen and oxygen atoms in total. The average Bonchev–Trinajstić information content (AvgIpc) is 2.69.